The largest absolute Gasteiger partial charge is 0.396 e. The van der Waals surface area contributed by atoms with E-state index >= 15 is 0 Å². The molecule has 0 saturated heterocycles. The molecule has 0 aromatic heterocycles. The van der Waals surface area contributed by atoms with E-state index in [1.54, 1.807) is 0 Å². The summed E-state index contributed by atoms with van der Waals surface area (Å²) < 4.78 is 0. The van der Waals surface area contributed by atoms with Gasteiger partial charge in [-0.1, -0.05) is 73.9 Å². The van der Waals surface area contributed by atoms with Crippen molar-refractivity contribution in [3.05, 3.63) is 64.8 Å². The predicted molar refractivity (Wildman–Crippen MR) is 100 cm³/mol. The van der Waals surface area contributed by atoms with Crippen LogP contribution in [0, 0.1) is 5.92 Å². The number of allylic oxidation sites excluding steroid dienone is 4. The van der Waals surface area contributed by atoms with Crippen LogP contribution in [0.3, 0.4) is 0 Å². The topological polar surface area (TPSA) is 20.2 Å². The highest BCUT2D eigenvalue weighted by molar-refractivity contribution is 5.56. The lowest BCUT2D eigenvalue weighted by atomic mass is 9.88. The van der Waals surface area contributed by atoms with E-state index in [-0.39, 0.29) is 6.61 Å². The monoisotopic (exact) mass is 310 g/mol. The summed E-state index contributed by atoms with van der Waals surface area (Å²) in [5.41, 5.74) is 5.50. The summed E-state index contributed by atoms with van der Waals surface area (Å²) in [4.78, 5) is 0. The maximum atomic E-state index is 9.33. The Morgan fingerprint density at radius 1 is 1.22 bits per heavy atom. The van der Waals surface area contributed by atoms with E-state index < -0.39 is 0 Å². The first-order valence-electron chi connectivity index (χ1n) is 8.99. The standard InChI is InChI=1S/C22H30O/c1-3-4-5-9-12-22-20(15-16-23)13-14-21(22)18(2)17-19-10-7-6-8-11-19/h6-8,10-13,17,21,23H,3-5,9,14-16H2,1-2H3/b18-17+,22-12+. The average Bonchev–Trinajstić information content (AvgIpc) is 2.96. The minimum absolute atomic E-state index is 0.242. The van der Waals surface area contributed by atoms with Gasteiger partial charge in [0.15, 0.2) is 0 Å². The number of hydrogen-bond donors (Lipinski definition) is 1. The van der Waals surface area contributed by atoms with Gasteiger partial charge in [0.05, 0.1) is 0 Å². The summed E-state index contributed by atoms with van der Waals surface area (Å²) in [7, 11) is 0. The van der Waals surface area contributed by atoms with Crippen molar-refractivity contribution < 1.29 is 5.11 Å². The summed E-state index contributed by atoms with van der Waals surface area (Å²) in [6.45, 7) is 4.73. The zero-order valence-corrected chi connectivity index (χ0v) is 14.6. The fraction of sp³-hybridized carbons (Fsp3) is 0.455. The molecule has 1 heteroatoms. The molecule has 124 valence electrons. The first-order valence-corrected chi connectivity index (χ1v) is 8.99. The normalized spacial score (nSPS) is 20.1. The highest BCUT2D eigenvalue weighted by Gasteiger charge is 2.23. The van der Waals surface area contributed by atoms with Gasteiger partial charge in [0.1, 0.15) is 0 Å². The Morgan fingerprint density at radius 3 is 2.70 bits per heavy atom. The van der Waals surface area contributed by atoms with Crippen molar-refractivity contribution in [1.82, 2.24) is 0 Å². The highest BCUT2D eigenvalue weighted by Crippen LogP contribution is 2.38. The predicted octanol–water partition coefficient (Wildman–Crippen LogP) is 5.93. The summed E-state index contributed by atoms with van der Waals surface area (Å²) in [5, 5.41) is 9.33. The maximum Gasteiger partial charge on any atom is 0.0471 e. The Balaban J connectivity index is 2.14. The summed E-state index contributed by atoms with van der Waals surface area (Å²) in [5.74, 6) is 0.485. The third-order valence-electron chi connectivity index (χ3n) is 4.64. The van der Waals surface area contributed by atoms with Crippen LogP contribution >= 0.6 is 0 Å². The van der Waals surface area contributed by atoms with Gasteiger partial charge in [0.2, 0.25) is 0 Å². The molecule has 2 rings (SSSR count). The summed E-state index contributed by atoms with van der Waals surface area (Å²) in [6.07, 6.45) is 13.9. The van der Waals surface area contributed by atoms with E-state index in [0.29, 0.717) is 5.92 Å². The van der Waals surface area contributed by atoms with Crippen LogP contribution < -0.4 is 0 Å². The summed E-state index contributed by atoms with van der Waals surface area (Å²) in [6, 6.07) is 10.5. The van der Waals surface area contributed by atoms with E-state index in [1.807, 2.05) is 0 Å². The van der Waals surface area contributed by atoms with E-state index in [0.717, 1.165) is 19.3 Å². The Labute approximate surface area is 141 Å². The Kier molecular flexibility index (Phi) is 7.35. The van der Waals surface area contributed by atoms with Crippen molar-refractivity contribution in [3.8, 4) is 0 Å². The lowest BCUT2D eigenvalue weighted by molar-refractivity contribution is 0.300. The molecular formula is C22H30O. The van der Waals surface area contributed by atoms with Crippen molar-refractivity contribution in [2.75, 3.05) is 6.61 Å². The van der Waals surface area contributed by atoms with E-state index in [9.17, 15) is 5.11 Å². The van der Waals surface area contributed by atoms with Crippen molar-refractivity contribution in [2.45, 2.75) is 52.4 Å². The van der Waals surface area contributed by atoms with Crippen molar-refractivity contribution in [3.63, 3.8) is 0 Å². The molecule has 1 aliphatic carbocycles. The molecule has 0 amide bonds. The molecule has 1 nitrogen and oxygen atoms in total. The average molecular weight is 310 g/mol. The van der Waals surface area contributed by atoms with Crippen LogP contribution in [0.2, 0.25) is 0 Å². The van der Waals surface area contributed by atoms with E-state index in [2.05, 4.69) is 62.4 Å². The molecule has 0 fully saturated rings. The number of rotatable bonds is 8. The van der Waals surface area contributed by atoms with Crippen molar-refractivity contribution >= 4 is 6.08 Å². The highest BCUT2D eigenvalue weighted by atomic mass is 16.2. The molecule has 0 aliphatic heterocycles. The fourth-order valence-electron chi connectivity index (χ4n) is 3.36. The zero-order chi connectivity index (χ0) is 16.5. The molecule has 1 N–H and O–H groups in total. The second-order valence-electron chi connectivity index (χ2n) is 6.45. The number of hydrogen-bond acceptors (Lipinski definition) is 1. The smallest absolute Gasteiger partial charge is 0.0471 e. The molecule has 1 unspecified atom stereocenters. The molecule has 0 radical (unpaired) electrons. The van der Waals surface area contributed by atoms with E-state index in [1.165, 1.54) is 41.5 Å². The fourth-order valence-corrected chi connectivity index (χ4v) is 3.36. The number of aliphatic hydroxyl groups excluding tert-OH is 1. The van der Waals surface area contributed by atoms with Gasteiger partial charge in [-0.3, -0.25) is 0 Å². The maximum absolute atomic E-state index is 9.33. The molecule has 1 aromatic rings. The number of unbranched alkanes of at least 4 members (excludes halogenated alkanes) is 3. The van der Waals surface area contributed by atoms with Gasteiger partial charge in [-0.25, -0.2) is 0 Å². The Morgan fingerprint density at radius 2 is 2.00 bits per heavy atom. The first-order chi connectivity index (χ1) is 11.3. The zero-order valence-electron chi connectivity index (χ0n) is 14.6. The molecule has 1 atom stereocenters. The lowest BCUT2D eigenvalue weighted by Crippen LogP contribution is -2.03. The Hall–Kier alpha value is -1.60. The molecule has 1 aliphatic rings. The second-order valence-corrected chi connectivity index (χ2v) is 6.45. The third-order valence-corrected chi connectivity index (χ3v) is 4.64. The molecular weight excluding hydrogens is 280 g/mol. The molecule has 0 bridgehead atoms. The van der Waals surface area contributed by atoms with Gasteiger partial charge in [-0.05, 0) is 49.3 Å². The second kappa shape index (κ2) is 9.52. The number of benzene rings is 1. The third kappa shape index (κ3) is 5.21. The van der Waals surface area contributed by atoms with Gasteiger partial charge >= 0.3 is 0 Å². The Bertz CT molecular complexity index is 563. The van der Waals surface area contributed by atoms with Gasteiger partial charge < -0.3 is 5.11 Å². The van der Waals surface area contributed by atoms with Crippen LogP contribution in [0.5, 0.6) is 0 Å². The SMILES string of the molecule is CCCCC/C=C1\C(CCO)=CCC1/C(C)=C/c1ccccc1. The quantitative estimate of drug-likeness (QED) is 0.590. The van der Waals surface area contributed by atoms with Crippen molar-refractivity contribution in [1.29, 1.82) is 0 Å². The lowest BCUT2D eigenvalue weighted by Gasteiger charge is -2.17. The molecule has 0 saturated carbocycles. The van der Waals surface area contributed by atoms with Crippen LogP contribution in [0.4, 0.5) is 0 Å². The van der Waals surface area contributed by atoms with Crippen LogP contribution in [-0.2, 0) is 0 Å². The minimum atomic E-state index is 0.242. The van der Waals surface area contributed by atoms with Gasteiger partial charge in [0.25, 0.3) is 0 Å². The van der Waals surface area contributed by atoms with Gasteiger partial charge in [-0.15, -0.1) is 0 Å². The van der Waals surface area contributed by atoms with Crippen LogP contribution in [-0.4, -0.2) is 11.7 Å². The molecule has 0 heterocycles. The van der Waals surface area contributed by atoms with Gasteiger partial charge in [-0.2, -0.15) is 0 Å². The molecule has 1 aromatic carbocycles. The summed E-state index contributed by atoms with van der Waals surface area (Å²) >= 11 is 0. The minimum Gasteiger partial charge on any atom is -0.396 e. The van der Waals surface area contributed by atoms with Crippen LogP contribution in [0.25, 0.3) is 6.08 Å². The molecule has 0 spiro atoms. The van der Waals surface area contributed by atoms with E-state index in [4.69, 9.17) is 0 Å². The van der Waals surface area contributed by atoms with Crippen LogP contribution in [0.15, 0.2) is 59.2 Å². The number of aliphatic hydroxyl groups is 1. The van der Waals surface area contributed by atoms with Gasteiger partial charge in [0, 0.05) is 12.5 Å². The first kappa shape index (κ1) is 17.7. The van der Waals surface area contributed by atoms with Crippen molar-refractivity contribution in [2.24, 2.45) is 5.92 Å². The van der Waals surface area contributed by atoms with Crippen LogP contribution in [0.1, 0.15) is 57.9 Å². The molecule has 23 heavy (non-hydrogen) atoms.